The van der Waals surface area contributed by atoms with E-state index in [4.69, 9.17) is 15.4 Å². The third-order valence-electron chi connectivity index (χ3n) is 2.18. The Morgan fingerprint density at radius 3 is 3.13 bits per heavy atom. The summed E-state index contributed by atoms with van der Waals surface area (Å²) >= 11 is 0. The van der Waals surface area contributed by atoms with Crippen LogP contribution < -0.4 is 5.73 Å². The van der Waals surface area contributed by atoms with Gasteiger partial charge in [0.2, 0.25) is 0 Å². The fourth-order valence-electron chi connectivity index (χ4n) is 1.51. The largest absolute Gasteiger partial charge is 0.441 e. The summed E-state index contributed by atoms with van der Waals surface area (Å²) in [6.45, 7) is 1.81. The SMILES string of the molecule is Cc1nc2ccc(CC(N)C#N)cc2o1. The zero-order valence-electron chi connectivity index (χ0n) is 8.40. The smallest absolute Gasteiger partial charge is 0.192 e. The quantitative estimate of drug-likeness (QED) is 0.799. The molecule has 2 aromatic rings. The highest BCUT2D eigenvalue weighted by atomic mass is 16.3. The Morgan fingerprint density at radius 2 is 2.40 bits per heavy atom. The van der Waals surface area contributed by atoms with Crippen molar-refractivity contribution in [3.05, 3.63) is 29.7 Å². The van der Waals surface area contributed by atoms with Gasteiger partial charge in [-0.25, -0.2) is 4.98 Å². The maximum Gasteiger partial charge on any atom is 0.192 e. The molecule has 0 saturated heterocycles. The lowest BCUT2D eigenvalue weighted by Gasteiger charge is -2.01. The number of rotatable bonds is 2. The number of aromatic nitrogens is 1. The Balaban J connectivity index is 2.35. The van der Waals surface area contributed by atoms with E-state index in [0.29, 0.717) is 12.3 Å². The maximum absolute atomic E-state index is 8.60. The first-order valence-corrected chi connectivity index (χ1v) is 4.70. The van der Waals surface area contributed by atoms with Gasteiger partial charge in [-0.3, -0.25) is 0 Å². The lowest BCUT2D eigenvalue weighted by Crippen LogP contribution is -2.19. The van der Waals surface area contributed by atoms with E-state index in [9.17, 15) is 0 Å². The maximum atomic E-state index is 8.60. The van der Waals surface area contributed by atoms with Crippen molar-refractivity contribution in [2.75, 3.05) is 0 Å². The Morgan fingerprint density at radius 1 is 1.60 bits per heavy atom. The number of oxazole rings is 1. The zero-order chi connectivity index (χ0) is 10.8. The average molecular weight is 201 g/mol. The number of fused-ring (bicyclic) bond motifs is 1. The lowest BCUT2D eigenvalue weighted by molar-refractivity contribution is 0.560. The first-order chi connectivity index (χ1) is 7.19. The van der Waals surface area contributed by atoms with Gasteiger partial charge in [-0.15, -0.1) is 0 Å². The standard InChI is InChI=1S/C11H11N3O/c1-7-14-10-3-2-8(4-9(13)6-12)5-11(10)15-7/h2-3,5,9H,4,13H2,1H3. The molecule has 2 N–H and O–H groups in total. The van der Waals surface area contributed by atoms with Gasteiger partial charge in [0.05, 0.1) is 12.1 Å². The van der Waals surface area contributed by atoms with E-state index in [1.165, 1.54) is 0 Å². The summed E-state index contributed by atoms with van der Waals surface area (Å²) < 4.78 is 5.39. The first-order valence-electron chi connectivity index (χ1n) is 4.70. The molecule has 0 saturated carbocycles. The van der Waals surface area contributed by atoms with Gasteiger partial charge in [0.25, 0.3) is 0 Å². The third-order valence-corrected chi connectivity index (χ3v) is 2.18. The minimum atomic E-state index is -0.466. The minimum absolute atomic E-state index is 0.466. The van der Waals surface area contributed by atoms with Crippen LogP contribution in [0.5, 0.6) is 0 Å². The Bertz CT molecular complexity index is 524. The van der Waals surface area contributed by atoms with Crippen LogP contribution in [0.25, 0.3) is 11.1 Å². The van der Waals surface area contributed by atoms with Crippen LogP contribution in [0.1, 0.15) is 11.5 Å². The highest BCUT2D eigenvalue weighted by molar-refractivity contribution is 5.73. The summed E-state index contributed by atoms with van der Waals surface area (Å²) in [7, 11) is 0. The second-order valence-electron chi connectivity index (χ2n) is 3.47. The zero-order valence-corrected chi connectivity index (χ0v) is 8.40. The summed E-state index contributed by atoms with van der Waals surface area (Å²) in [5, 5.41) is 8.60. The number of hydrogen-bond donors (Lipinski definition) is 1. The van der Waals surface area contributed by atoms with E-state index in [1.54, 1.807) is 6.92 Å². The molecule has 1 heterocycles. The fourth-order valence-corrected chi connectivity index (χ4v) is 1.51. The molecule has 1 aromatic carbocycles. The molecule has 15 heavy (non-hydrogen) atoms. The van der Waals surface area contributed by atoms with Crippen molar-refractivity contribution in [1.82, 2.24) is 4.98 Å². The van der Waals surface area contributed by atoms with E-state index in [0.717, 1.165) is 16.7 Å². The van der Waals surface area contributed by atoms with Crippen LogP contribution in [0.2, 0.25) is 0 Å². The van der Waals surface area contributed by atoms with Crippen molar-refractivity contribution >= 4 is 11.1 Å². The number of nitrogens with two attached hydrogens (primary N) is 1. The molecule has 0 aliphatic heterocycles. The lowest BCUT2D eigenvalue weighted by atomic mass is 10.1. The molecule has 0 radical (unpaired) electrons. The molecular formula is C11H11N3O. The van der Waals surface area contributed by atoms with Crippen LogP contribution in [0, 0.1) is 18.3 Å². The predicted octanol–water partition coefficient (Wildman–Crippen LogP) is 1.53. The monoisotopic (exact) mass is 201 g/mol. The number of nitrogens with zero attached hydrogens (tertiary/aromatic N) is 2. The molecule has 0 amide bonds. The molecule has 0 fully saturated rings. The molecular weight excluding hydrogens is 190 g/mol. The van der Waals surface area contributed by atoms with E-state index in [2.05, 4.69) is 4.98 Å². The summed E-state index contributed by atoms with van der Waals surface area (Å²) in [5.41, 5.74) is 8.12. The fraction of sp³-hybridized carbons (Fsp3) is 0.273. The van der Waals surface area contributed by atoms with Crippen LogP contribution in [0.15, 0.2) is 22.6 Å². The molecule has 2 rings (SSSR count). The molecule has 1 aromatic heterocycles. The average Bonchev–Trinajstić information content (AvgIpc) is 2.57. The summed E-state index contributed by atoms with van der Waals surface area (Å²) in [6.07, 6.45) is 0.534. The van der Waals surface area contributed by atoms with Crippen LogP contribution in [0.4, 0.5) is 0 Å². The molecule has 0 aliphatic carbocycles. The van der Waals surface area contributed by atoms with Crippen molar-refractivity contribution in [3.8, 4) is 6.07 Å². The van der Waals surface area contributed by atoms with Crippen molar-refractivity contribution in [1.29, 1.82) is 5.26 Å². The van der Waals surface area contributed by atoms with Crippen molar-refractivity contribution < 1.29 is 4.42 Å². The second-order valence-corrected chi connectivity index (χ2v) is 3.47. The van der Waals surface area contributed by atoms with Gasteiger partial charge in [0.1, 0.15) is 5.52 Å². The van der Waals surface area contributed by atoms with Crippen molar-refractivity contribution in [3.63, 3.8) is 0 Å². The molecule has 4 nitrogen and oxygen atoms in total. The van der Waals surface area contributed by atoms with Crippen molar-refractivity contribution in [2.45, 2.75) is 19.4 Å². The molecule has 76 valence electrons. The van der Waals surface area contributed by atoms with Gasteiger partial charge in [-0.1, -0.05) is 6.07 Å². The topological polar surface area (TPSA) is 75.8 Å². The summed E-state index contributed by atoms with van der Waals surface area (Å²) in [4.78, 5) is 4.19. The Kier molecular flexibility index (Phi) is 2.40. The first kappa shape index (κ1) is 9.69. The van der Waals surface area contributed by atoms with E-state index >= 15 is 0 Å². The number of hydrogen-bond acceptors (Lipinski definition) is 4. The predicted molar refractivity (Wildman–Crippen MR) is 56.0 cm³/mol. The van der Waals surface area contributed by atoms with Gasteiger partial charge in [-0.05, 0) is 17.7 Å². The summed E-state index contributed by atoms with van der Waals surface area (Å²) in [6, 6.07) is 7.21. The van der Waals surface area contributed by atoms with Crippen LogP contribution in [-0.4, -0.2) is 11.0 Å². The van der Waals surface area contributed by atoms with Gasteiger partial charge >= 0.3 is 0 Å². The molecule has 0 spiro atoms. The molecule has 1 atom stereocenters. The normalized spacial score (nSPS) is 12.6. The number of benzene rings is 1. The van der Waals surface area contributed by atoms with Gasteiger partial charge in [0.15, 0.2) is 11.5 Å². The Labute approximate surface area is 87.3 Å². The van der Waals surface area contributed by atoms with Gasteiger partial charge in [-0.2, -0.15) is 5.26 Å². The number of nitriles is 1. The van der Waals surface area contributed by atoms with Gasteiger partial charge < -0.3 is 10.2 Å². The highest BCUT2D eigenvalue weighted by Crippen LogP contribution is 2.17. The molecule has 1 unspecified atom stereocenters. The van der Waals surface area contributed by atoms with Crippen LogP contribution >= 0.6 is 0 Å². The number of aryl methyl sites for hydroxylation is 1. The van der Waals surface area contributed by atoms with Crippen LogP contribution in [-0.2, 0) is 6.42 Å². The van der Waals surface area contributed by atoms with Crippen molar-refractivity contribution in [2.24, 2.45) is 5.73 Å². The van der Waals surface area contributed by atoms with E-state index < -0.39 is 6.04 Å². The van der Waals surface area contributed by atoms with E-state index in [-0.39, 0.29) is 0 Å². The molecule has 0 bridgehead atoms. The van der Waals surface area contributed by atoms with Gasteiger partial charge in [0, 0.05) is 13.3 Å². The molecule has 0 aliphatic rings. The second kappa shape index (κ2) is 3.71. The third kappa shape index (κ3) is 1.97. The van der Waals surface area contributed by atoms with E-state index in [1.807, 2.05) is 24.3 Å². The minimum Gasteiger partial charge on any atom is -0.441 e. The highest BCUT2D eigenvalue weighted by Gasteiger charge is 2.06. The molecule has 4 heteroatoms. The van der Waals surface area contributed by atoms with Crippen LogP contribution in [0.3, 0.4) is 0 Å². The Hall–Kier alpha value is -1.86. The summed E-state index contributed by atoms with van der Waals surface area (Å²) in [5.74, 6) is 0.645.